The van der Waals surface area contributed by atoms with Crippen molar-refractivity contribution in [1.82, 2.24) is 4.90 Å². The van der Waals surface area contributed by atoms with Crippen LogP contribution in [-0.4, -0.2) is 18.2 Å². The molecule has 0 aromatic heterocycles. The maximum absolute atomic E-state index is 14.5. The molecule has 1 aromatic carbocycles. The minimum absolute atomic E-state index is 0.224. The monoisotopic (exact) mass is 286 g/mol. The van der Waals surface area contributed by atoms with E-state index in [1.807, 2.05) is 18.0 Å². The Labute approximate surface area is 126 Å². The molecule has 0 amide bonds. The Hall–Kier alpha value is -1.90. The van der Waals surface area contributed by atoms with Crippen molar-refractivity contribution < 1.29 is 4.39 Å². The Bertz CT molecular complexity index is 612. The highest BCUT2D eigenvalue weighted by molar-refractivity contribution is 5.60. The van der Waals surface area contributed by atoms with Crippen LogP contribution in [0.1, 0.15) is 36.5 Å². The molecule has 0 fully saturated rings. The van der Waals surface area contributed by atoms with Crippen LogP contribution in [0.4, 0.5) is 4.39 Å². The lowest BCUT2D eigenvalue weighted by molar-refractivity contribution is 0.390. The van der Waals surface area contributed by atoms with Gasteiger partial charge in [0.25, 0.3) is 0 Å². The first kappa shape index (κ1) is 15.5. The Kier molecular flexibility index (Phi) is 4.94. The summed E-state index contributed by atoms with van der Waals surface area (Å²) in [5, 5.41) is 0. The molecule has 21 heavy (non-hydrogen) atoms. The van der Waals surface area contributed by atoms with Gasteiger partial charge >= 0.3 is 0 Å². The van der Waals surface area contributed by atoms with E-state index in [9.17, 15) is 4.39 Å². The molecule has 112 valence electrons. The van der Waals surface area contributed by atoms with Crippen LogP contribution in [0.3, 0.4) is 0 Å². The standard InChI is InChI=1S/C18H23FN2/c1-13-8-9-16(14(2)11-13)12-21(4)17-7-5-6-10-20-15(3)18(17)19/h7-11H,5-6,12H2,1-4H3/b17-7+,18-15+,20-10-. The van der Waals surface area contributed by atoms with Crippen molar-refractivity contribution >= 4 is 6.21 Å². The number of aryl methyl sites for hydroxylation is 2. The normalized spacial score (nSPS) is 23.0. The van der Waals surface area contributed by atoms with E-state index in [0.717, 1.165) is 12.8 Å². The molecule has 0 atom stereocenters. The number of halogens is 1. The molecule has 0 aliphatic carbocycles. The molecule has 2 nitrogen and oxygen atoms in total. The van der Waals surface area contributed by atoms with E-state index in [4.69, 9.17) is 0 Å². The molecule has 0 unspecified atom stereocenters. The van der Waals surface area contributed by atoms with Gasteiger partial charge in [0.1, 0.15) is 0 Å². The second-order valence-electron chi connectivity index (χ2n) is 5.66. The third-order valence-electron chi connectivity index (χ3n) is 3.78. The number of aliphatic imine (C=N–C) groups is 1. The Morgan fingerprint density at radius 2 is 1.95 bits per heavy atom. The zero-order valence-electron chi connectivity index (χ0n) is 13.3. The first-order valence-electron chi connectivity index (χ1n) is 7.35. The molecule has 1 aromatic rings. The minimum atomic E-state index is -0.224. The van der Waals surface area contributed by atoms with Crippen molar-refractivity contribution in [2.75, 3.05) is 7.05 Å². The highest BCUT2D eigenvalue weighted by Gasteiger charge is 2.15. The van der Waals surface area contributed by atoms with Gasteiger partial charge in [0.15, 0.2) is 5.83 Å². The second-order valence-corrected chi connectivity index (χ2v) is 5.66. The fourth-order valence-electron chi connectivity index (χ4n) is 2.51. The molecule has 0 saturated heterocycles. The van der Waals surface area contributed by atoms with E-state index in [2.05, 4.69) is 37.0 Å². The van der Waals surface area contributed by atoms with Gasteiger partial charge < -0.3 is 4.90 Å². The van der Waals surface area contributed by atoms with Gasteiger partial charge in [-0.2, -0.15) is 0 Å². The molecule has 2 rings (SSSR count). The molecule has 0 saturated carbocycles. The SMILES string of the molecule is CC1=C(F)/C(N(C)Cc2ccc(C)cc2C)=C\CC/C=N\1. The van der Waals surface area contributed by atoms with Crippen LogP contribution in [-0.2, 0) is 6.54 Å². The molecular weight excluding hydrogens is 263 g/mol. The van der Waals surface area contributed by atoms with Crippen LogP contribution in [0.2, 0.25) is 0 Å². The molecule has 1 aliphatic rings. The molecule has 0 spiro atoms. The molecular formula is C18H23FN2. The third kappa shape index (κ3) is 3.81. The van der Waals surface area contributed by atoms with Crippen LogP contribution in [0.25, 0.3) is 0 Å². The lowest BCUT2D eigenvalue weighted by Gasteiger charge is -2.24. The fourth-order valence-corrected chi connectivity index (χ4v) is 2.51. The number of allylic oxidation sites excluding steroid dienone is 3. The largest absolute Gasteiger partial charge is 0.368 e. The van der Waals surface area contributed by atoms with Crippen LogP contribution < -0.4 is 0 Å². The van der Waals surface area contributed by atoms with Gasteiger partial charge in [-0.15, -0.1) is 0 Å². The van der Waals surface area contributed by atoms with Gasteiger partial charge in [0.2, 0.25) is 0 Å². The van der Waals surface area contributed by atoms with E-state index in [0.29, 0.717) is 17.9 Å². The zero-order chi connectivity index (χ0) is 15.4. The molecule has 0 N–H and O–H groups in total. The Morgan fingerprint density at radius 3 is 2.67 bits per heavy atom. The maximum Gasteiger partial charge on any atom is 0.167 e. The summed E-state index contributed by atoms with van der Waals surface area (Å²) >= 11 is 0. The van der Waals surface area contributed by atoms with Crippen molar-refractivity contribution in [3.63, 3.8) is 0 Å². The number of nitrogens with zero attached hydrogens (tertiary/aromatic N) is 2. The summed E-state index contributed by atoms with van der Waals surface area (Å²) in [5.41, 5.74) is 4.81. The number of benzene rings is 1. The summed E-state index contributed by atoms with van der Waals surface area (Å²) in [4.78, 5) is 6.12. The summed E-state index contributed by atoms with van der Waals surface area (Å²) in [6.07, 6.45) is 5.42. The minimum Gasteiger partial charge on any atom is -0.368 e. The topological polar surface area (TPSA) is 15.6 Å². The number of rotatable bonds is 3. The van der Waals surface area contributed by atoms with Crippen molar-refractivity contribution in [2.45, 2.75) is 40.2 Å². The van der Waals surface area contributed by atoms with Gasteiger partial charge in [0.05, 0.1) is 11.4 Å². The highest BCUT2D eigenvalue weighted by atomic mass is 19.1. The van der Waals surface area contributed by atoms with Gasteiger partial charge in [0, 0.05) is 19.8 Å². The molecule has 0 radical (unpaired) electrons. The van der Waals surface area contributed by atoms with E-state index in [1.54, 1.807) is 13.1 Å². The third-order valence-corrected chi connectivity index (χ3v) is 3.78. The van der Waals surface area contributed by atoms with Crippen molar-refractivity contribution in [3.05, 3.63) is 58.2 Å². The van der Waals surface area contributed by atoms with Crippen molar-refractivity contribution in [2.24, 2.45) is 4.99 Å². The molecule has 1 heterocycles. The first-order valence-corrected chi connectivity index (χ1v) is 7.35. The fraction of sp³-hybridized carbons (Fsp3) is 0.389. The molecule has 0 bridgehead atoms. The van der Waals surface area contributed by atoms with Gasteiger partial charge in [-0.3, -0.25) is 4.99 Å². The first-order chi connectivity index (χ1) is 9.99. The number of hydrogen-bond donors (Lipinski definition) is 0. The summed E-state index contributed by atoms with van der Waals surface area (Å²) in [5.74, 6) is -0.224. The summed E-state index contributed by atoms with van der Waals surface area (Å²) in [7, 11) is 1.93. The van der Waals surface area contributed by atoms with Crippen LogP contribution in [0.5, 0.6) is 0 Å². The predicted octanol–water partition coefficient (Wildman–Crippen LogP) is 4.68. The highest BCUT2D eigenvalue weighted by Crippen LogP contribution is 2.24. The lowest BCUT2D eigenvalue weighted by atomic mass is 10.0. The van der Waals surface area contributed by atoms with E-state index in [-0.39, 0.29) is 5.83 Å². The van der Waals surface area contributed by atoms with E-state index < -0.39 is 0 Å². The van der Waals surface area contributed by atoms with E-state index >= 15 is 0 Å². The maximum atomic E-state index is 14.5. The van der Waals surface area contributed by atoms with Crippen LogP contribution in [0.15, 0.2) is 46.5 Å². The van der Waals surface area contributed by atoms with Crippen molar-refractivity contribution in [3.8, 4) is 0 Å². The van der Waals surface area contributed by atoms with Crippen LogP contribution >= 0.6 is 0 Å². The summed E-state index contributed by atoms with van der Waals surface area (Å²) < 4.78 is 14.5. The van der Waals surface area contributed by atoms with Crippen LogP contribution in [0, 0.1) is 13.8 Å². The Balaban J connectivity index is 2.24. The summed E-state index contributed by atoms with van der Waals surface area (Å²) in [6.45, 7) is 6.60. The van der Waals surface area contributed by atoms with E-state index in [1.165, 1.54) is 16.7 Å². The predicted molar refractivity (Wildman–Crippen MR) is 87.0 cm³/mol. The average molecular weight is 286 g/mol. The van der Waals surface area contributed by atoms with Gasteiger partial charge in [-0.05, 0) is 44.7 Å². The number of hydrogen-bond acceptors (Lipinski definition) is 2. The van der Waals surface area contributed by atoms with Gasteiger partial charge in [-0.25, -0.2) is 4.39 Å². The Morgan fingerprint density at radius 1 is 1.19 bits per heavy atom. The second kappa shape index (κ2) is 6.70. The van der Waals surface area contributed by atoms with Gasteiger partial charge in [-0.1, -0.05) is 29.8 Å². The van der Waals surface area contributed by atoms with Crippen molar-refractivity contribution in [1.29, 1.82) is 0 Å². The zero-order valence-corrected chi connectivity index (χ0v) is 13.3. The quantitative estimate of drug-likeness (QED) is 0.787. The molecule has 3 heteroatoms. The summed E-state index contributed by atoms with van der Waals surface area (Å²) in [6, 6.07) is 6.39. The lowest BCUT2D eigenvalue weighted by Crippen LogP contribution is -2.19. The smallest absolute Gasteiger partial charge is 0.167 e. The molecule has 1 aliphatic heterocycles. The average Bonchev–Trinajstić information content (AvgIpc) is 2.43. The number of likely N-dealkylation sites (N-methyl/N-ethyl adjacent to an activating group) is 1.